The summed E-state index contributed by atoms with van der Waals surface area (Å²) < 4.78 is 27.1. The summed E-state index contributed by atoms with van der Waals surface area (Å²) in [5, 5.41) is 10.8. The number of carboxylic acids is 1. The molecule has 0 rings (SSSR count). The molecule has 0 aromatic carbocycles. The van der Waals surface area contributed by atoms with Gasteiger partial charge in [0.1, 0.15) is 6.54 Å². The number of nitrogens with zero attached hydrogens (tertiary/aromatic N) is 1. The molecule has 5 nitrogen and oxygen atoms in total. The van der Waals surface area contributed by atoms with E-state index in [1.54, 1.807) is 0 Å². The van der Waals surface area contributed by atoms with E-state index >= 15 is 0 Å². The first-order valence-electron chi connectivity index (χ1n) is 9.59. The van der Waals surface area contributed by atoms with Crippen molar-refractivity contribution in [3.05, 3.63) is 0 Å². The predicted octanol–water partition coefficient (Wildman–Crippen LogP) is 2.31. The number of aliphatic carboxylic acids is 1. The standard InChI is InChI=1S/C17H33NO4.ClH/c1-5-6-7-8-9-10-11-12-17(21)22-15(13-16(19)20)14-18(2,3)4;/h15H,5-14H2,1-4H3;1H/i1D3;. The molecule has 138 valence electrons. The lowest BCUT2D eigenvalue weighted by molar-refractivity contribution is -0.873. The second-order valence-electron chi connectivity index (χ2n) is 6.78. The van der Waals surface area contributed by atoms with Crippen molar-refractivity contribution in [1.29, 1.82) is 0 Å². The van der Waals surface area contributed by atoms with Crippen molar-refractivity contribution in [3.8, 4) is 0 Å². The van der Waals surface area contributed by atoms with Gasteiger partial charge in [-0.2, -0.15) is 0 Å². The van der Waals surface area contributed by atoms with Gasteiger partial charge in [0.15, 0.2) is 6.10 Å². The molecule has 0 amide bonds. The smallest absolute Gasteiger partial charge is 0.306 e. The van der Waals surface area contributed by atoms with Gasteiger partial charge in [0, 0.05) is 22.9 Å². The lowest BCUT2D eigenvalue weighted by Crippen LogP contribution is -2.45. The van der Waals surface area contributed by atoms with Gasteiger partial charge in [0.2, 0.25) is 0 Å². The average Bonchev–Trinajstić information content (AvgIpc) is 2.37. The zero-order chi connectivity index (χ0) is 19.5. The van der Waals surface area contributed by atoms with Gasteiger partial charge in [0.05, 0.1) is 21.1 Å². The molecule has 0 aromatic heterocycles. The highest BCUT2D eigenvalue weighted by Crippen LogP contribution is 2.11. The van der Waals surface area contributed by atoms with Crippen LogP contribution in [0.25, 0.3) is 0 Å². The first-order chi connectivity index (χ1) is 11.4. The van der Waals surface area contributed by atoms with Crippen molar-refractivity contribution in [2.24, 2.45) is 0 Å². The number of likely N-dealkylation sites (N-methyl/N-ethyl adjacent to an activating group) is 1. The Balaban J connectivity index is 0. The van der Waals surface area contributed by atoms with E-state index in [2.05, 4.69) is 0 Å². The first kappa shape index (κ1) is 18.5. The number of esters is 1. The van der Waals surface area contributed by atoms with Crippen LogP contribution in [0.4, 0.5) is 0 Å². The lowest BCUT2D eigenvalue weighted by Gasteiger charge is -2.29. The highest BCUT2D eigenvalue weighted by atomic mass is 35.5. The monoisotopic (exact) mass is 354 g/mol. The summed E-state index contributed by atoms with van der Waals surface area (Å²) in [6.45, 7) is -1.42. The molecule has 0 aliphatic carbocycles. The van der Waals surface area contributed by atoms with Gasteiger partial charge in [-0.15, -0.1) is 12.4 Å². The third kappa shape index (κ3) is 17.4. The van der Waals surface area contributed by atoms with Crippen LogP contribution < -0.4 is 5.11 Å². The quantitative estimate of drug-likeness (QED) is 0.289. The average molecular weight is 355 g/mol. The molecule has 0 aliphatic rings. The minimum atomic E-state index is -1.84. The Bertz CT molecular complexity index is 412. The summed E-state index contributed by atoms with van der Waals surface area (Å²) in [5.41, 5.74) is 0. The Kier molecular flexibility index (Phi) is 11.0. The fraction of sp³-hybridized carbons (Fsp3) is 0.882. The number of quaternary nitrogens is 1. The minimum absolute atomic E-state index is 0. The molecule has 0 N–H and O–H groups in total. The molecular weight excluding hydrogens is 318 g/mol. The van der Waals surface area contributed by atoms with Crippen LogP contribution in [-0.4, -0.2) is 50.2 Å². The maximum absolute atomic E-state index is 11.9. The Hall–Kier alpha value is -0.810. The zero-order valence-corrected chi connectivity index (χ0v) is 15.5. The van der Waals surface area contributed by atoms with E-state index in [0.29, 0.717) is 23.9 Å². The van der Waals surface area contributed by atoms with Gasteiger partial charge in [-0.05, 0) is 6.42 Å². The molecule has 1 unspecified atom stereocenters. The van der Waals surface area contributed by atoms with E-state index in [-0.39, 0.29) is 37.6 Å². The highest BCUT2D eigenvalue weighted by molar-refractivity contribution is 5.85. The Morgan fingerprint density at radius 2 is 1.65 bits per heavy atom. The maximum atomic E-state index is 11.9. The SMILES string of the molecule is Cl.[2H]C([2H])([2H])CCCCCCCCC(=O)OC(CC(=O)[O-])C[N+](C)(C)C. The summed E-state index contributed by atoms with van der Waals surface area (Å²) in [4.78, 5) is 22.6. The van der Waals surface area contributed by atoms with Crippen molar-refractivity contribution < 1.29 is 28.0 Å². The third-order valence-electron chi connectivity index (χ3n) is 3.25. The molecule has 0 fully saturated rings. The number of hydrogen-bond acceptors (Lipinski definition) is 4. The van der Waals surface area contributed by atoms with Crippen molar-refractivity contribution in [2.45, 2.75) is 70.7 Å². The van der Waals surface area contributed by atoms with Gasteiger partial charge >= 0.3 is 5.97 Å². The summed E-state index contributed by atoms with van der Waals surface area (Å²) in [6, 6.07) is 0. The van der Waals surface area contributed by atoms with Gasteiger partial charge in [0.25, 0.3) is 0 Å². The fourth-order valence-electron chi connectivity index (χ4n) is 2.29. The molecular formula is C17H34ClNO4. The van der Waals surface area contributed by atoms with E-state index in [1.807, 2.05) is 21.1 Å². The van der Waals surface area contributed by atoms with Gasteiger partial charge in [-0.3, -0.25) is 4.79 Å². The molecule has 0 aromatic rings. The van der Waals surface area contributed by atoms with E-state index < -0.39 is 18.9 Å². The number of carbonyl (C=O) groups is 2. The van der Waals surface area contributed by atoms with Crippen LogP contribution in [0.1, 0.15) is 68.8 Å². The van der Waals surface area contributed by atoms with Crippen LogP contribution in [0.3, 0.4) is 0 Å². The van der Waals surface area contributed by atoms with E-state index in [1.165, 1.54) is 0 Å². The molecule has 0 saturated heterocycles. The molecule has 0 saturated carbocycles. The largest absolute Gasteiger partial charge is 0.550 e. The van der Waals surface area contributed by atoms with Crippen molar-refractivity contribution in [2.75, 3.05) is 27.7 Å². The predicted molar refractivity (Wildman–Crippen MR) is 92.3 cm³/mol. The molecule has 1 atom stereocenters. The molecule has 0 radical (unpaired) electrons. The van der Waals surface area contributed by atoms with Crippen LogP contribution in [0.5, 0.6) is 0 Å². The molecule has 0 heterocycles. The second kappa shape index (κ2) is 13.6. The summed E-state index contributed by atoms with van der Waals surface area (Å²) in [7, 11) is 5.72. The molecule has 0 bridgehead atoms. The Morgan fingerprint density at radius 3 is 2.17 bits per heavy atom. The Morgan fingerprint density at radius 1 is 1.09 bits per heavy atom. The summed E-state index contributed by atoms with van der Waals surface area (Å²) >= 11 is 0. The zero-order valence-electron chi connectivity index (χ0n) is 17.6. The molecule has 6 heteroatoms. The Labute approximate surface area is 151 Å². The first-order valence-corrected chi connectivity index (χ1v) is 8.09. The van der Waals surface area contributed by atoms with Crippen molar-refractivity contribution >= 4 is 24.3 Å². The number of rotatable bonds is 13. The van der Waals surface area contributed by atoms with Crippen LogP contribution in [0.2, 0.25) is 0 Å². The van der Waals surface area contributed by atoms with Crippen LogP contribution in [0, 0.1) is 0 Å². The molecule has 23 heavy (non-hydrogen) atoms. The normalized spacial score (nSPS) is 14.8. The number of unbranched alkanes of at least 4 members (excludes halogenated alkanes) is 5. The number of ether oxygens (including phenoxy) is 1. The van der Waals surface area contributed by atoms with Crippen molar-refractivity contribution in [1.82, 2.24) is 0 Å². The van der Waals surface area contributed by atoms with Gasteiger partial charge in [-0.25, -0.2) is 0 Å². The highest BCUT2D eigenvalue weighted by Gasteiger charge is 2.22. The fourth-order valence-corrected chi connectivity index (χ4v) is 2.29. The minimum Gasteiger partial charge on any atom is -0.550 e. The molecule has 0 spiro atoms. The third-order valence-corrected chi connectivity index (χ3v) is 3.25. The van der Waals surface area contributed by atoms with Crippen molar-refractivity contribution in [3.63, 3.8) is 0 Å². The summed E-state index contributed by atoms with van der Waals surface area (Å²) in [6.07, 6.45) is 4.65. The number of hydrogen-bond donors (Lipinski definition) is 0. The number of carboxylic acid groups (broad SMARTS) is 1. The molecule has 0 aliphatic heterocycles. The number of halogens is 1. The van der Waals surface area contributed by atoms with Gasteiger partial charge in [-0.1, -0.05) is 45.4 Å². The topological polar surface area (TPSA) is 66.4 Å². The number of carbonyl (C=O) groups excluding carboxylic acids is 2. The summed E-state index contributed by atoms with van der Waals surface area (Å²) in [5.74, 6) is -1.59. The van der Waals surface area contributed by atoms with E-state index in [0.717, 1.165) is 25.7 Å². The van der Waals surface area contributed by atoms with E-state index in [4.69, 9.17) is 8.85 Å². The van der Waals surface area contributed by atoms with Crippen LogP contribution >= 0.6 is 12.4 Å². The van der Waals surface area contributed by atoms with Crippen LogP contribution in [0.15, 0.2) is 0 Å². The lowest BCUT2D eigenvalue weighted by atomic mass is 10.1. The van der Waals surface area contributed by atoms with Crippen LogP contribution in [-0.2, 0) is 14.3 Å². The van der Waals surface area contributed by atoms with E-state index in [9.17, 15) is 14.7 Å². The second-order valence-corrected chi connectivity index (χ2v) is 6.78. The van der Waals surface area contributed by atoms with Gasteiger partial charge < -0.3 is 19.1 Å². The maximum Gasteiger partial charge on any atom is 0.306 e.